The fourth-order valence-electron chi connectivity index (χ4n) is 2.79. The average Bonchev–Trinajstić information content (AvgIpc) is 2.72. The SMILES string of the molecule is CSCCC(NC(=O)c1cc2ccccc2cc1OCC/C=C/CCS)C(=O)O. The van der Waals surface area contributed by atoms with Crippen LogP contribution in [0.15, 0.2) is 48.6 Å². The van der Waals surface area contributed by atoms with Crippen molar-refractivity contribution in [3.05, 3.63) is 54.1 Å². The Morgan fingerprint density at radius 2 is 1.90 bits per heavy atom. The van der Waals surface area contributed by atoms with Gasteiger partial charge in [-0.2, -0.15) is 24.4 Å². The number of fused-ring (bicyclic) bond motifs is 1. The molecule has 0 heterocycles. The van der Waals surface area contributed by atoms with Gasteiger partial charge in [-0.3, -0.25) is 4.79 Å². The van der Waals surface area contributed by atoms with Gasteiger partial charge in [0.1, 0.15) is 11.8 Å². The van der Waals surface area contributed by atoms with Gasteiger partial charge in [0.05, 0.1) is 12.2 Å². The van der Waals surface area contributed by atoms with Gasteiger partial charge < -0.3 is 15.2 Å². The van der Waals surface area contributed by atoms with E-state index in [1.807, 2.05) is 48.7 Å². The molecule has 2 aromatic carbocycles. The number of thiol groups is 1. The van der Waals surface area contributed by atoms with Crippen molar-refractivity contribution in [3.63, 3.8) is 0 Å². The molecule has 0 saturated heterocycles. The average molecular weight is 434 g/mol. The lowest BCUT2D eigenvalue weighted by Crippen LogP contribution is -2.41. The van der Waals surface area contributed by atoms with Crippen molar-refractivity contribution in [2.45, 2.75) is 25.3 Å². The molecule has 2 rings (SSSR count). The molecule has 156 valence electrons. The first kappa shape index (κ1) is 23.2. The molecule has 7 heteroatoms. The Bertz CT molecular complexity index is 854. The molecule has 0 aliphatic carbocycles. The summed E-state index contributed by atoms with van der Waals surface area (Å²) in [6.45, 7) is 0.427. The van der Waals surface area contributed by atoms with Crippen LogP contribution in [0.2, 0.25) is 0 Å². The van der Waals surface area contributed by atoms with E-state index >= 15 is 0 Å². The Morgan fingerprint density at radius 3 is 2.55 bits per heavy atom. The van der Waals surface area contributed by atoms with Crippen LogP contribution in [0.4, 0.5) is 0 Å². The second-order valence-electron chi connectivity index (χ2n) is 6.46. The zero-order valence-electron chi connectivity index (χ0n) is 16.5. The van der Waals surface area contributed by atoms with E-state index in [2.05, 4.69) is 17.9 Å². The summed E-state index contributed by atoms with van der Waals surface area (Å²) in [5.41, 5.74) is 0.346. The number of aliphatic carboxylic acids is 1. The van der Waals surface area contributed by atoms with E-state index < -0.39 is 17.9 Å². The highest BCUT2D eigenvalue weighted by atomic mass is 32.2. The van der Waals surface area contributed by atoms with Gasteiger partial charge in [0, 0.05) is 0 Å². The van der Waals surface area contributed by atoms with Crippen LogP contribution in [0, 0.1) is 0 Å². The summed E-state index contributed by atoms with van der Waals surface area (Å²) in [6.07, 6.45) is 7.96. The Balaban J connectivity index is 2.21. The number of nitrogens with one attached hydrogen (secondary N) is 1. The molecule has 1 atom stereocenters. The smallest absolute Gasteiger partial charge is 0.326 e. The molecule has 0 aromatic heterocycles. The van der Waals surface area contributed by atoms with E-state index in [1.165, 1.54) is 0 Å². The third-order valence-electron chi connectivity index (χ3n) is 4.31. The van der Waals surface area contributed by atoms with Gasteiger partial charge in [-0.15, -0.1) is 0 Å². The maximum Gasteiger partial charge on any atom is 0.326 e. The van der Waals surface area contributed by atoms with Crippen molar-refractivity contribution in [3.8, 4) is 5.75 Å². The number of benzene rings is 2. The van der Waals surface area contributed by atoms with Crippen LogP contribution in [-0.2, 0) is 4.79 Å². The van der Waals surface area contributed by atoms with E-state index in [4.69, 9.17) is 4.74 Å². The second kappa shape index (κ2) is 12.4. The standard InChI is InChI=1S/C22H27NO4S2/c1-29-13-10-19(22(25)26)23-21(24)18-14-16-8-4-5-9-17(16)15-20(18)27-11-6-2-3-7-12-28/h2-5,8-9,14-15,19,28H,6-7,10-13H2,1H3,(H,23,24)(H,25,26)/b3-2+. The van der Waals surface area contributed by atoms with E-state index in [0.717, 1.165) is 22.9 Å². The van der Waals surface area contributed by atoms with Crippen molar-refractivity contribution in [1.82, 2.24) is 5.32 Å². The van der Waals surface area contributed by atoms with E-state index in [1.54, 1.807) is 17.8 Å². The highest BCUT2D eigenvalue weighted by Gasteiger charge is 2.22. The minimum atomic E-state index is -1.04. The molecule has 0 bridgehead atoms. The predicted molar refractivity (Wildman–Crippen MR) is 124 cm³/mol. The predicted octanol–water partition coefficient (Wildman–Crippen LogP) is 4.42. The highest BCUT2D eigenvalue weighted by Crippen LogP contribution is 2.26. The van der Waals surface area contributed by atoms with E-state index in [0.29, 0.717) is 36.5 Å². The summed E-state index contributed by atoms with van der Waals surface area (Å²) in [6, 6.07) is 10.3. The summed E-state index contributed by atoms with van der Waals surface area (Å²) in [5.74, 6) is 0.428. The van der Waals surface area contributed by atoms with Crippen LogP contribution in [-0.4, -0.2) is 47.4 Å². The third kappa shape index (κ3) is 7.33. The Labute approximate surface area is 181 Å². The molecule has 0 radical (unpaired) electrons. The molecule has 29 heavy (non-hydrogen) atoms. The number of carboxylic acids is 1. The van der Waals surface area contributed by atoms with Gasteiger partial charge in [0.25, 0.3) is 5.91 Å². The first-order valence-electron chi connectivity index (χ1n) is 9.51. The Kier molecular flexibility index (Phi) is 9.94. The van der Waals surface area contributed by atoms with Crippen molar-refractivity contribution >= 4 is 47.0 Å². The molecule has 1 amide bonds. The van der Waals surface area contributed by atoms with Crippen molar-refractivity contribution in [1.29, 1.82) is 0 Å². The normalized spacial score (nSPS) is 12.2. The van der Waals surface area contributed by atoms with Gasteiger partial charge in [0.15, 0.2) is 0 Å². The van der Waals surface area contributed by atoms with Crippen LogP contribution in [0.1, 0.15) is 29.6 Å². The lowest BCUT2D eigenvalue weighted by molar-refractivity contribution is -0.139. The maximum atomic E-state index is 12.9. The van der Waals surface area contributed by atoms with Gasteiger partial charge in [-0.1, -0.05) is 36.4 Å². The largest absolute Gasteiger partial charge is 0.492 e. The molecule has 0 aliphatic rings. The van der Waals surface area contributed by atoms with Gasteiger partial charge in [0.2, 0.25) is 0 Å². The molecular weight excluding hydrogens is 406 g/mol. The first-order valence-corrected chi connectivity index (χ1v) is 11.5. The Hall–Kier alpha value is -2.12. The van der Waals surface area contributed by atoms with Crippen LogP contribution >= 0.6 is 24.4 Å². The maximum absolute atomic E-state index is 12.9. The number of carbonyl (C=O) groups is 2. The molecule has 0 fully saturated rings. The fraction of sp³-hybridized carbons (Fsp3) is 0.364. The number of hydrogen-bond acceptors (Lipinski definition) is 5. The zero-order valence-corrected chi connectivity index (χ0v) is 18.2. The van der Waals surface area contributed by atoms with E-state index in [9.17, 15) is 14.7 Å². The summed E-state index contributed by atoms with van der Waals surface area (Å²) in [7, 11) is 0. The Morgan fingerprint density at radius 1 is 1.21 bits per heavy atom. The summed E-state index contributed by atoms with van der Waals surface area (Å²) in [5, 5.41) is 13.9. The molecule has 2 aromatic rings. The molecule has 5 nitrogen and oxygen atoms in total. The number of carboxylic acid groups (broad SMARTS) is 1. The van der Waals surface area contributed by atoms with Crippen LogP contribution < -0.4 is 10.1 Å². The van der Waals surface area contributed by atoms with Crippen molar-refractivity contribution < 1.29 is 19.4 Å². The molecule has 1 unspecified atom stereocenters. The zero-order chi connectivity index (χ0) is 21.1. The van der Waals surface area contributed by atoms with Gasteiger partial charge in [-0.05, 0) is 59.9 Å². The number of thioether (sulfide) groups is 1. The molecule has 0 saturated carbocycles. The summed E-state index contributed by atoms with van der Waals surface area (Å²) >= 11 is 5.71. The van der Waals surface area contributed by atoms with Gasteiger partial charge in [-0.25, -0.2) is 4.79 Å². The number of hydrogen-bond donors (Lipinski definition) is 3. The summed E-state index contributed by atoms with van der Waals surface area (Å²) in [4.78, 5) is 24.4. The number of amides is 1. The minimum Gasteiger partial charge on any atom is -0.492 e. The van der Waals surface area contributed by atoms with Crippen molar-refractivity contribution in [2.75, 3.05) is 24.4 Å². The van der Waals surface area contributed by atoms with Gasteiger partial charge >= 0.3 is 5.97 Å². The lowest BCUT2D eigenvalue weighted by atomic mass is 10.0. The van der Waals surface area contributed by atoms with Crippen LogP contribution in [0.5, 0.6) is 5.75 Å². The number of allylic oxidation sites excluding steroid dienone is 1. The first-order chi connectivity index (χ1) is 14.1. The molecule has 0 spiro atoms. The quantitative estimate of drug-likeness (QED) is 0.262. The van der Waals surface area contributed by atoms with E-state index in [-0.39, 0.29) is 0 Å². The minimum absolute atomic E-state index is 0.346. The molecule has 0 aliphatic heterocycles. The van der Waals surface area contributed by atoms with Crippen LogP contribution in [0.25, 0.3) is 10.8 Å². The number of ether oxygens (including phenoxy) is 1. The second-order valence-corrected chi connectivity index (χ2v) is 7.89. The van der Waals surface area contributed by atoms with Crippen molar-refractivity contribution in [2.24, 2.45) is 0 Å². The monoisotopic (exact) mass is 433 g/mol. The van der Waals surface area contributed by atoms with Crippen LogP contribution in [0.3, 0.4) is 0 Å². The lowest BCUT2D eigenvalue weighted by Gasteiger charge is -2.17. The topological polar surface area (TPSA) is 75.6 Å². The fourth-order valence-corrected chi connectivity index (χ4v) is 3.41. The summed E-state index contributed by atoms with van der Waals surface area (Å²) < 4.78 is 5.89. The number of carbonyl (C=O) groups excluding carboxylic acids is 1. The number of rotatable bonds is 12. The molecule has 2 N–H and O–H groups in total. The molecular formula is C22H27NO4S2. The third-order valence-corrected chi connectivity index (χ3v) is 5.21. The highest BCUT2D eigenvalue weighted by molar-refractivity contribution is 7.98.